The van der Waals surface area contributed by atoms with Crippen LogP contribution in [0.3, 0.4) is 0 Å². The van der Waals surface area contributed by atoms with E-state index in [1.54, 1.807) is 48.5 Å². The molecule has 5 rings (SSSR count). The number of amides is 1. The number of hydrogen-bond donors (Lipinski definition) is 1. The van der Waals surface area contributed by atoms with E-state index in [2.05, 4.69) is 0 Å². The molecule has 8 heteroatoms. The van der Waals surface area contributed by atoms with Crippen molar-refractivity contribution in [1.82, 2.24) is 4.90 Å². The lowest BCUT2D eigenvalue weighted by molar-refractivity contribution is -0.131. The SMILES string of the molecule is COc1ccccc1C1C(C(=O)c2cc3cc(Cl)ccc3o2)=C(O)C(=O)N1CC1CCCO1. The predicted octanol–water partition coefficient (Wildman–Crippen LogP) is 4.85. The molecule has 2 unspecified atom stereocenters. The molecule has 1 N–H and O–H groups in total. The molecule has 2 aliphatic heterocycles. The lowest BCUT2D eigenvalue weighted by Gasteiger charge is -2.29. The third kappa shape index (κ3) is 3.77. The number of halogens is 1. The van der Waals surface area contributed by atoms with Crippen LogP contribution in [0.25, 0.3) is 11.0 Å². The Kier molecular flexibility index (Phi) is 5.60. The van der Waals surface area contributed by atoms with Gasteiger partial charge >= 0.3 is 0 Å². The standard InChI is InChI=1S/C25H22ClNO6/c1-31-19-7-3-2-6-17(19)22-21(24(29)25(30)27(22)13-16-5-4-10-32-16)23(28)20-12-14-11-15(26)8-9-18(14)33-20/h2-3,6-9,11-12,16,22,29H,4-5,10,13H2,1H3. The average Bonchev–Trinajstić information content (AvgIpc) is 3.54. The Morgan fingerprint density at radius 1 is 1.24 bits per heavy atom. The molecule has 7 nitrogen and oxygen atoms in total. The zero-order valence-electron chi connectivity index (χ0n) is 17.9. The van der Waals surface area contributed by atoms with E-state index in [-0.39, 0.29) is 24.0 Å². The Morgan fingerprint density at radius 2 is 2.06 bits per heavy atom. The van der Waals surface area contributed by atoms with Gasteiger partial charge in [0.05, 0.1) is 24.8 Å². The highest BCUT2D eigenvalue weighted by Gasteiger charge is 2.46. The second-order valence-electron chi connectivity index (χ2n) is 8.12. The largest absolute Gasteiger partial charge is 0.503 e. The number of nitrogens with zero attached hydrogens (tertiary/aromatic N) is 1. The number of carbonyl (C=O) groups is 2. The first-order valence-electron chi connectivity index (χ1n) is 10.7. The second-order valence-corrected chi connectivity index (χ2v) is 8.56. The Hall–Kier alpha value is -3.29. The monoisotopic (exact) mass is 467 g/mol. The van der Waals surface area contributed by atoms with Gasteiger partial charge in [0.25, 0.3) is 5.91 Å². The number of methoxy groups -OCH3 is 1. The summed E-state index contributed by atoms with van der Waals surface area (Å²) in [6.07, 6.45) is 1.54. The van der Waals surface area contributed by atoms with Crippen LogP contribution >= 0.6 is 11.6 Å². The predicted molar refractivity (Wildman–Crippen MR) is 122 cm³/mol. The van der Waals surface area contributed by atoms with Crippen LogP contribution in [-0.2, 0) is 9.53 Å². The molecule has 33 heavy (non-hydrogen) atoms. The average molecular weight is 468 g/mol. The third-order valence-corrected chi connectivity index (χ3v) is 6.34. The lowest BCUT2D eigenvalue weighted by atomic mass is 9.94. The van der Waals surface area contributed by atoms with Crippen molar-refractivity contribution in [2.24, 2.45) is 0 Å². The van der Waals surface area contributed by atoms with E-state index in [0.717, 1.165) is 12.8 Å². The Bertz CT molecular complexity index is 1270. The van der Waals surface area contributed by atoms with E-state index in [1.807, 2.05) is 0 Å². The summed E-state index contributed by atoms with van der Waals surface area (Å²) < 4.78 is 17.0. The number of furan rings is 1. The molecule has 0 spiro atoms. The molecule has 2 aliphatic rings. The van der Waals surface area contributed by atoms with Gasteiger partial charge in [-0.25, -0.2) is 0 Å². The maximum atomic E-state index is 13.6. The van der Waals surface area contributed by atoms with Crippen LogP contribution in [-0.4, -0.2) is 48.1 Å². The molecule has 0 bridgehead atoms. The fraction of sp³-hybridized carbons (Fsp3) is 0.280. The van der Waals surface area contributed by atoms with Crippen molar-refractivity contribution in [2.45, 2.75) is 25.0 Å². The van der Waals surface area contributed by atoms with E-state index in [9.17, 15) is 14.7 Å². The first-order valence-corrected chi connectivity index (χ1v) is 11.1. The fourth-order valence-corrected chi connectivity index (χ4v) is 4.74. The molecule has 3 heterocycles. The smallest absolute Gasteiger partial charge is 0.290 e. The summed E-state index contributed by atoms with van der Waals surface area (Å²) in [6.45, 7) is 0.872. The van der Waals surface area contributed by atoms with Gasteiger partial charge in [-0.2, -0.15) is 0 Å². The van der Waals surface area contributed by atoms with E-state index in [0.29, 0.717) is 33.9 Å². The molecule has 170 valence electrons. The molecular formula is C25H22ClNO6. The van der Waals surface area contributed by atoms with Crippen LogP contribution in [0.15, 0.2) is 64.3 Å². The van der Waals surface area contributed by atoms with Crippen molar-refractivity contribution in [3.05, 3.63) is 76.2 Å². The molecule has 2 aromatic carbocycles. The fourth-order valence-electron chi connectivity index (χ4n) is 4.56. The maximum Gasteiger partial charge on any atom is 0.290 e. The van der Waals surface area contributed by atoms with Crippen molar-refractivity contribution in [2.75, 3.05) is 20.3 Å². The summed E-state index contributed by atoms with van der Waals surface area (Å²) in [5.74, 6) is -1.26. The van der Waals surface area contributed by atoms with Crippen LogP contribution in [0.2, 0.25) is 5.02 Å². The zero-order valence-corrected chi connectivity index (χ0v) is 18.7. The molecule has 2 atom stereocenters. The number of benzene rings is 2. The van der Waals surface area contributed by atoms with E-state index < -0.39 is 23.5 Å². The maximum absolute atomic E-state index is 13.6. The van der Waals surface area contributed by atoms with Gasteiger partial charge in [0, 0.05) is 29.1 Å². The van der Waals surface area contributed by atoms with Crippen molar-refractivity contribution in [3.63, 3.8) is 0 Å². The van der Waals surface area contributed by atoms with Crippen molar-refractivity contribution in [1.29, 1.82) is 0 Å². The number of carbonyl (C=O) groups excluding carboxylic acids is 2. The number of ketones is 1. The Labute approximate surface area is 195 Å². The van der Waals surface area contributed by atoms with Crippen molar-refractivity contribution >= 4 is 34.3 Å². The van der Waals surface area contributed by atoms with Gasteiger partial charge in [-0.1, -0.05) is 29.8 Å². The molecule has 1 saturated heterocycles. The molecule has 0 saturated carbocycles. The first-order chi connectivity index (χ1) is 16.0. The summed E-state index contributed by atoms with van der Waals surface area (Å²) in [4.78, 5) is 28.3. The van der Waals surface area contributed by atoms with E-state index in [1.165, 1.54) is 12.0 Å². The lowest BCUT2D eigenvalue weighted by Crippen LogP contribution is -2.37. The van der Waals surface area contributed by atoms with Gasteiger partial charge in [0.2, 0.25) is 5.78 Å². The summed E-state index contributed by atoms with van der Waals surface area (Å²) in [7, 11) is 1.52. The summed E-state index contributed by atoms with van der Waals surface area (Å²) in [6, 6.07) is 12.9. The normalized spacial score (nSPS) is 20.8. The number of aliphatic hydroxyl groups is 1. The highest BCUT2D eigenvalue weighted by Crippen LogP contribution is 2.43. The number of aliphatic hydroxyl groups excluding tert-OH is 1. The van der Waals surface area contributed by atoms with Crippen molar-refractivity contribution < 1.29 is 28.6 Å². The number of Topliss-reactive ketones (excluding diaryl/α,β-unsaturated/α-hetero) is 1. The van der Waals surface area contributed by atoms with Gasteiger partial charge in [-0.15, -0.1) is 0 Å². The van der Waals surface area contributed by atoms with Crippen LogP contribution < -0.4 is 4.74 Å². The quantitative estimate of drug-likeness (QED) is 0.521. The molecule has 3 aromatic rings. The minimum Gasteiger partial charge on any atom is -0.503 e. The number of para-hydroxylation sites is 1. The van der Waals surface area contributed by atoms with Gasteiger partial charge < -0.3 is 23.9 Å². The number of rotatable bonds is 6. The zero-order chi connectivity index (χ0) is 23.1. The molecule has 1 aromatic heterocycles. The molecule has 0 aliphatic carbocycles. The van der Waals surface area contributed by atoms with Crippen LogP contribution in [0.4, 0.5) is 0 Å². The molecule has 1 fully saturated rings. The van der Waals surface area contributed by atoms with Gasteiger partial charge in [0.15, 0.2) is 11.5 Å². The Balaban J connectivity index is 1.60. The highest BCUT2D eigenvalue weighted by molar-refractivity contribution is 6.31. The summed E-state index contributed by atoms with van der Waals surface area (Å²) in [5, 5.41) is 12.0. The molecule has 1 amide bonds. The number of ether oxygens (including phenoxy) is 2. The summed E-state index contributed by atoms with van der Waals surface area (Å²) in [5.41, 5.74) is 1.03. The molecular weight excluding hydrogens is 446 g/mol. The molecule has 0 radical (unpaired) electrons. The van der Waals surface area contributed by atoms with Crippen LogP contribution in [0.1, 0.15) is 35.0 Å². The third-order valence-electron chi connectivity index (χ3n) is 6.11. The minimum absolute atomic E-state index is 0.0143. The van der Waals surface area contributed by atoms with Crippen molar-refractivity contribution in [3.8, 4) is 5.75 Å². The van der Waals surface area contributed by atoms with Gasteiger partial charge in [-0.05, 0) is 43.2 Å². The minimum atomic E-state index is -0.845. The van der Waals surface area contributed by atoms with E-state index in [4.69, 9.17) is 25.5 Å². The van der Waals surface area contributed by atoms with Gasteiger partial charge in [-0.3, -0.25) is 9.59 Å². The second kappa shape index (κ2) is 8.57. The Morgan fingerprint density at radius 3 is 2.82 bits per heavy atom. The van der Waals surface area contributed by atoms with Crippen LogP contribution in [0, 0.1) is 0 Å². The highest BCUT2D eigenvalue weighted by atomic mass is 35.5. The summed E-state index contributed by atoms with van der Waals surface area (Å²) >= 11 is 6.06. The first kappa shape index (κ1) is 21.6. The van der Waals surface area contributed by atoms with Crippen LogP contribution in [0.5, 0.6) is 5.75 Å². The topological polar surface area (TPSA) is 89.2 Å². The van der Waals surface area contributed by atoms with Gasteiger partial charge in [0.1, 0.15) is 11.3 Å². The van der Waals surface area contributed by atoms with E-state index >= 15 is 0 Å². The number of fused-ring (bicyclic) bond motifs is 1. The number of hydrogen-bond acceptors (Lipinski definition) is 6.